The van der Waals surface area contributed by atoms with Gasteiger partial charge in [-0.15, -0.1) is 0 Å². The maximum Gasteiger partial charge on any atom is 0.302 e. The molecule has 0 bridgehead atoms. The van der Waals surface area contributed by atoms with E-state index >= 15 is 0 Å². The van der Waals surface area contributed by atoms with Crippen LogP contribution >= 0.6 is 0 Å². The molecule has 0 aliphatic heterocycles. The van der Waals surface area contributed by atoms with E-state index in [1.54, 1.807) is 0 Å². The molecule has 0 radical (unpaired) electrons. The van der Waals surface area contributed by atoms with E-state index in [0.717, 1.165) is 38.5 Å². The Kier molecular flexibility index (Phi) is 16.0. The molecule has 0 rings (SSSR count). The summed E-state index contributed by atoms with van der Waals surface area (Å²) in [5.74, 6) is -0.347. The summed E-state index contributed by atoms with van der Waals surface area (Å²) in [7, 11) is 0. The average molecular weight is 343 g/mol. The minimum absolute atomic E-state index is 0.105. The molecule has 0 heterocycles. The van der Waals surface area contributed by atoms with Gasteiger partial charge in [-0.2, -0.15) is 0 Å². The maximum atomic E-state index is 11.2. The number of hydrogen-bond acceptors (Lipinski definition) is 4. The second-order valence-electron chi connectivity index (χ2n) is 6.68. The van der Waals surface area contributed by atoms with Gasteiger partial charge in [-0.1, -0.05) is 58.3 Å². The zero-order valence-electron chi connectivity index (χ0n) is 16.1. The smallest absolute Gasteiger partial charge is 0.302 e. The quantitative estimate of drug-likeness (QED) is 0.272. The standard InChI is InChI=1S/C20H38O4/c1-4-5-6-9-12-15-20(24-19(3)22)16-13-10-7-8-11-14-17-23-18(2)21/h20H,4-17H2,1-3H3/t20-/m0/s1. The Labute approximate surface area is 148 Å². The van der Waals surface area contributed by atoms with Gasteiger partial charge in [0.1, 0.15) is 6.10 Å². The third kappa shape index (κ3) is 17.3. The van der Waals surface area contributed by atoms with Crippen LogP contribution in [0.2, 0.25) is 0 Å². The number of hydrogen-bond donors (Lipinski definition) is 0. The van der Waals surface area contributed by atoms with Crippen molar-refractivity contribution in [2.75, 3.05) is 6.61 Å². The molecule has 0 saturated heterocycles. The van der Waals surface area contributed by atoms with Gasteiger partial charge in [0.05, 0.1) is 6.61 Å². The molecule has 142 valence electrons. The van der Waals surface area contributed by atoms with E-state index in [-0.39, 0.29) is 18.0 Å². The SMILES string of the molecule is CCCCCCC[C@@H](CCCCCCCCOC(C)=O)OC(C)=O. The van der Waals surface area contributed by atoms with Crippen LogP contribution in [0.1, 0.15) is 104 Å². The van der Waals surface area contributed by atoms with Crippen molar-refractivity contribution in [3.05, 3.63) is 0 Å². The van der Waals surface area contributed by atoms with Crippen LogP contribution in [0.3, 0.4) is 0 Å². The van der Waals surface area contributed by atoms with Crippen molar-refractivity contribution in [2.45, 2.75) is 110 Å². The van der Waals surface area contributed by atoms with Gasteiger partial charge in [0, 0.05) is 13.8 Å². The van der Waals surface area contributed by atoms with Crippen molar-refractivity contribution in [3.63, 3.8) is 0 Å². The second kappa shape index (κ2) is 16.8. The summed E-state index contributed by atoms with van der Waals surface area (Å²) in [5, 5.41) is 0. The van der Waals surface area contributed by atoms with Gasteiger partial charge >= 0.3 is 11.9 Å². The number of rotatable bonds is 16. The van der Waals surface area contributed by atoms with E-state index in [9.17, 15) is 9.59 Å². The fourth-order valence-electron chi connectivity index (χ4n) is 2.87. The molecule has 0 fully saturated rings. The van der Waals surface area contributed by atoms with Crippen LogP contribution in [0, 0.1) is 0 Å². The predicted octanol–water partition coefficient (Wildman–Crippen LogP) is 5.57. The molecule has 24 heavy (non-hydrogen) atoms. The lowest BCUT2D eigenvalue weighted by atomic mass is 10.0. The van der Waals surface area contributed by atoms with Crippen LogP contribution in [0.4, 0.5) is 0 Å². The average Bonchev–Trinajstić information content (AvgIpc) is 2.51. The van der Waals surface area contributed by atoms with Crippen LogP contribution < -0.4 is 0 Å². The topological polar surface area (TPSA) is 52.6 Å². The molecular weight excluding hydrogens is 304 g/mol. The lowest BCUT2D eigenvalue weighted by molar-refractivity contribution is -0.147. The van der Waals surface area contributed by atoms with Gasteiger partial charge < -0.3 is 9.47 Å². The first-order chi connectivity index (χ1) is 11.6. The molecule has 0 N–H and O–H groups in total. The Hall–Kier alpha value is -1.06. The zero-order chi connectivity index (χ0) is 18.0. The molecule has 0 amide bonds. The van der Waals surface area contributed by atoms with Crippen molar-refractivity contribution in [1.82, 2.24) is 0 Å². The molecule has 0 aromatic rings. The molecular formula is C20H38O4. The molecule has 0 aromatic carbocycles. The van der Waals surface area contributed by atoms with Gasteiger partial charge in [-0.3, -0.25) is 9.59 Å². The Bertz CT molecular complexity index is 315. The molecule has 0 unspecified atom stereocenters. The lowest BCUT2D eigenvalue weighted by Crippen LogP contribution is -2.16. The van der Waals surface area contributed by atoms with Crippen LogP contribution in [-0.2, 0) is 19.1 Å². The first kappa shape index (κ1) is 22.9. The van der Waals surface area contributed by atoms with Crippen molar-refractivity contribution in [3.8, 4) is 0 Å². The van der Waals surface area contributed by atoms with Crippen molar-refractivity contribution in [2.24, 2.45) is 0 Å². The third-order valence-corrected chi connectivity index (χ3v) is 4.19. The maximum absolute atomic E-state index is 11.2. The molecule has 0 saturated carbocycles. The fourth-order valence-corrected chi connectivity index (χ4v) is 2.87. The fraction of sp³-hybridized carbons (Fsp3) is 0.900. The van der Waals surface area contributed by atoms with Gasteiger partial charge in [-0.05, 0) is 32.1 Å². The number of carbonyl (C=O) groups is 2. The Morgan fingerprint density at radius 3 is 1.71 bits per heavy atom. The molecule has 0 spiro atoms. The first-order valence-corrected chi connectivity index (χ1v) is 9.86. The van der Waals surface area contributed by atoms with Gasteiger partial charge in [0.15, 0.2) is 0 Å². The van der Waals surface area contributed by atoms with E-state index in [0.29, 0.717) is 6.61 Å². The highest BCUT2D eigenvalue weighted by Gasteiger charge is 2.11. The van der Waals surface area contributed by atoms with E-state index in [1.807, 2.05) is 0 Å². The summed E-state index contributed by atoms with van der Waals surface area (Å²) in [6.07, 6.45) is 15.1. The van der Waals surface area contributed by atoms with E-state index in [4.69, 9.17) is 9.47 Å². The minimum atomic E-state index is -0.193. The van der Waals surface area contributed by atoms with Crippen LogP contribution in [0.5, 0.6) is 0 Å². The summed E-state index contributed by atoms with van der Waals surface area (Å²) >= 11 is 0. The molecule has 1 atom stereocenters. The molecule has 4 heteroatoms. The van der Waals surface area contributed by atoms with E-state index in [2.05, 4.69) is 6.92 Å². The first-order valence-electron chi connectivity index (χ1n) is 9.86. The minimum Gasteiger partial charge on any atom is -0.466 e. The Balaban J connectivity index is 3.60. The number of carbonyl (C=O) groups excluding carboxylic acids is 2. The van der Waals surface area contributed by atoms with Crippen LogP contribution in [-0.4, -0.2) is 24.6 Å². The van der Waals surface area contributed by atoms with Crippen molar-refractivity contribution < 1.29 is 19.1 Å². The van der Waals surface area contributed by atoms with Crippen LogP contribution in [0.15, 0.2) is 0 Å². The summed E-state index contributed by atoms with van der Waals surface area (Å²) in [5.41, 5.74) is 0. The van der Waals surface area contributed by atoms with Gasteiger partial charge in [0.2, 0.25) is 0 Å². The normalized spacial score (nSPS) is 12.0. The molecule has 0 aliphatic rings. The van der Waals surface area contributed by atoms with E-state index < -0.39 is 0 Å². The van der Waals surface area contributed by atoms with Crippen LogP contribution in [0.25, 0.3) is 0 Å². The summed E-state index contributed by atoms with van der Waals surface area (Å²) < 4.78 is 10.4. The third-order valence-electron chi connectivity index (χ3n) is 4.19. The summed E-state index contributed by atoms with van der Waals surface area (Å²) in [4.78, 5) is 21.8. The van der Waals surface area contributed by atoms with Gasteiger partial charge in [-0.25, -0.2) is 0 Å². The monoisotopic (exact) mass is 342 g/mol. The highest BCUT2D eigenvalue weighted by atomic mass is 16.5. The summed E-state index contributed by atoms with van der Waals surface area (Å²) in [6, 6.07) is 0. The Morgan fingerprint density at radius 1 is 0.708 bits per heavy atom. The number of unbranched alkanes of at least 4 members (excludes halogenated alkanes) is 9. The number of ether oxygens (including phenoxy) is 2. The van der Waals surface area contributed by atoms with Crippen molar-refractivity contribution in [1.29, 1.82) is 0 Å². The molecule has 0 aromatic heterocycles. The summed E-state index contributed by atoms with van der Waals surface area (Å²) in [6.45, 7) is 5.72. The molecule has 4 nitrogen and oxygen atoms in total. The largest absolute Gasteiger partial charge is 0.466 e. The molecule has 0 aliphatic carbocycles. The lowest BCUT2D eigenvalue weighted by Gasteiger charge is -2.17. The second-order valence-corrected chi connectivity index (χ2v) is 6.68. The van der Waals surface area contributed by atoms with Gasteiger partial charge in [0.25, 0.3) is 0 Å². The highest BCUT2D eigenvalue weighted by molar-refractivity contribution is 5.66. The van der Waals surface area contributed by atoms with E-state index in [1.165, 1.54) is 58.8 Å². The van der Waals surface area contributed by atoms with Crippen molar-refractivity contribution >= 4 is 11.9 Å². The predicted molar refractivity (Wildman–Crippen MR) is 97.9 cm³/mol. The highest BCUT2D eigenvalue weighted by Crippen LogP contribution is 2.16. The zero-order valence-corrected chi connectivity index (χ0v) is 16.1. The number of esters is 2. The Morgan fingerprint density at radius 2 is 1.21 bits per heavy atom.